The van der Waals surface area contributed by atoms with Gasteiger partial charge in [0.1, 0.15) is 5.82 Å². The highest BCUT2D eigenvalue weighted by molar-refractivity contribution is 5.36. The summed E-state index contributed by atoms with van der Waals surface area (Å²) in [6.07, 6.45) is 1.31. The predicted octanol–water partition coefficient (Wildman–Crippen LogP) is 2.15. The minimum atomic E-state index is -0.497. The van der Waals surface area contributed by atoms with Gasteiger partial charge in [-0.2, -0.15) is 0 Å². The molecule has 1 aromatic carbocycles. The molecule has 0 aliphatic carbocycles. The second-order valence-corrected chi connectivity index (χ2v) is 5.29. The van der Waals surface area contributed by atoms with E-state index in [0.29, 0.717) is 12.0 Å². The van der Waals surface area contributed by atoms with Gasteiger partial charge in [0.25, 0.3) is 0 Å². The first-order chi connectivity index (χ1) is 9.61. The summed E-state index contributed by atoms with van der Waals surface area (Å²) in [6.45, 7) is 5.13. The van der Waals surface area contributed by atoms with E-state index in [1.165, 1.54) is 13.2 Å². The highest BCUT2D eigenvalue weighted by Crippen LogP contribution is 2.26. The molecule has 0 N–H and O–H groups in total. The fraction of sp³-hybridized carbons (Fsp3) is 0.600. The summed E-state index contributed by atoms with van der Waals surface area (Å²) in [6, 6.07) is 2.28. The van der Waals surface area contributed by atoms with E-state index in [0.717, 1.165) is 45.2 Å². The van der Waals surface area contributed by atoms with Crippen molar-refractivity contribution in [2.45, 2.75) is 12.8 Å². The SMILES string of the molecule is COc1c(F)ccc(F)c1CCCN1CCN(C)CC1. The summed E-state index contributed by atoms with van der Waals surface area (Å²) in [5.41, 5.74) is 0.349. The minimum Gasteiger partial charge on any atom is -0.493 e. The molecule has 2 rings (SSSR count). The van der Waals surface area contributed by atoms with Crippen LogP contribution in [-0.4, -0.2) is 56.7 Å². The minimum absolute atomic E-state index is 0.0448. The number of methoxy groups -OCH3 is 1. The van der Waals surface area contributed by atoms with Crippen molar-refractivity contribution < 1.29 is 13.5 Å². The summed E-state index contributed by atoms with van der Waals surface area (Å²) in [4.78, 5) is 4.66. The Morgan fingerprint density at radius 3 is 2.40 bits per heavy atom. The van der Waals surface area contributed by atoms with Gasteiger partial charge in [-0.05, 0) is 38.6 Å². The molecule has 1 saturated heterocycles. The normalized spacial score (nSPS) is 17.4. The Kier molecular flexibility index (Phi) is 5.31. The van der Waals surface area contributed by atoms with Crippen LogP contribution >= 0.6 is 0 Å². The van der Waals surface area contributed by atoms with Crippen LogP contribution in [0.1, 0.15) is 12.0 Å². The van der Waals surface area contributed by atoms with Crippen molar-refractivity contribution in [3.05, 3.63) is 29.3 Å². The maximum absolute atomic E-state index is 13.8. The molecule has 0 bridgehead atoms. The number of benzene rings is 1. The molecule has 1 heterocycles. The molecule has 20 heavy (non-hydrogen) atoms. The van der Waals surface area contributed by atoms with E-state index < -0.39 is 5.82 Å². The monoisotopic (exact) mass is 284 g/mol. The summed E-state index contributed by atoms with van der Waals surface area (Å²) >= 11 is 0. The third kappa shape index (κ3) is 3.67. The topological polar surface area (TPSA) is 15.7 Å². The molecule has 0 amide bonds. The average Bonchev–Trinajstić information content (AvgIpc) is 2.45. The van der Waals surface area contributed by atoms with Crippen molar-refractivity contribution in [1.29, 1.82) is 0 Å². The van der Waals surface area contributed by atoms with Gasteiger partial charge < -0.3 is 14.5 Å². The molecule has 0 unspecified atom stereocenters. The van der Waals surface area contributed by atoms with Crippen molar-refractivity contribution in [3.63, 3.8) is 0 Å². The number of halogens is 2. The molecule has 112 valence electrons. The highest BCUT2D eigenvalue weighted by atomic mass is 19.1. The van der Waals surface area contributed by atoms with E-state index in [-0.39, 0.29) is 11.6 Å². The lowest BCUT2D eigenvalue weighted by Crippen LogP contribution is -2.44. The zero-order valence-electron chi connectivity index (χ0n) is 12.2. The largest absolute Gasteiger partial charge is 0.493 e. The number of hydrogen-bond acceptors (Lipinski definition) is 3. The van der Waals surface area contributed by atoms with Crippen LogP contribution < -0.4 is 4.74 Å². The van der Waals surface area contributed by atoms with E-state index in [1.807, 2.05) is 0 Å². The summed E-state index contributed by atoms with van der Waals surface area (Å²) in [5.74, 6) is -0.839. The molecular weight excluding hydrogens is 262 g/mol. The Hall–Kier alpha value is -1.20. The number of rotatable bonds is 5. The average molecular weight is 284 g/mol. The zero-order valence-corrected chi connectivity index (χ0v) is 12.2. The van der Waals surface area contributed by atoms with E-state index in [4.69, 9.17) is 4.74 Å². The summed E-state index contributed by atoms with van der Waals surface area (Å²) in [7, 11) is 3.49. The van der Waals surface area contributed by atoms with Crippen molar-refractivity contribution in [3.8, 4) is 5.75 Å². The van der Waals surface area contributed by atoms with Crippen LogP contribution in [0.15, 0.2) is 12.1 Å². The Morgan fingerprint density at radius 1 is 1.10 bits per heavy atom. The van der Waals surface area contributed by atoms with Gasteiger partial charge in [0, 0.05) is 31.7 Å². The van der Waals surface area contributed by atoms with Gasteiger partial charge in [0.05, 0.1) is 7.11 Å². The molecular formula is C15H22F2N2O. The number of ether oxygens (including phenoxy) is 1. The summed E-state index contributed by atoms with van der Waals surface area (Å²) < 4.78 is 32.3. The van der Waals surface area contributed by atoms with Crippen LogP contribution in [-0.2, 0) is 6.42 Å². The van der Waals surface area contributed by atoms with Crippen LogP contribution in [0.3, 0.4) is 0 Å². The van der Waals surface area contributed by atoms with E-state index in [1.54, 1.807) is 0 Å². The number of nitrogens with zero attached hydrogens (tertiary/aromatic N) is 2. The van der Waals surface area contributed by atoms with E-state index in [2.05, 4.69) is 16.8 Å². The maximum Gasteiger partial charge on any atom is 0.165 e. The first-order valence-corrected chi connectivity index (χ1v) is 7.03. The van der Waals surface area contributed by atoms with Crippen molar-refractivity contribution in [1.82, 2.24) is 9.80 Å². The molecule has 0 aromatic heterocycles. The van der Waals surface area contributed by atoms with Gasteiger partial charge in [-0.15, -0.1) is 0 Å². The predicted molar refractivity (Wildman–Crippen MR) is 75.2 cm³/mol. The van der Waals surface area contributed by atoms with E-state index >= 15 is 0 Å². The second-order valence-electron chi connectivity index (χ2n) is 5.29. The summed E-state index contributed by atoms with van der Waals surface area (Å²) in [5, 5.41) is 0. The lowest BCUT2D eigenvalue weighted by atomic mass is 10.1. The lowest BCUT2D eigenvalue weighted by Gasteiger charge is -2.32. The van der Waals surface area contributed by atoms with Crippen molar-refractivity contribution >= 4 is 0 Å². The third-order valence-electron chi connectivity index (χ3n) is 3.86. The quantitative estimate of drug-likeness (QED) is 0.824. The Balaban J connectivity index is 1.89. The zero-order chi connectivity index (χ0) is 14.5. The molecule has 3 nitrogen and oxygen atoms in total. The van der Waals surface area contributed by atoms with Crippen LogP contribution in [0.2, 0.25) is 0 Å². The molecule has 0 radical (unpaired) electrons. The fourth-order valence-electron chi connectivity index (χ4n) is 2.58. The molecule has 1 aromatic rings. The molecule has 1 fully saturated rings. The number of hydrogen-bond donors (Lipinski definition) is 0. The van der Waals surface area contributed by atoms with Crippen LogP contribution in [0.5, 0.6) is 5.75 Å². The first kappa shape index (κ1) is 15.2. The number of piperazine rings is 1. The highest BCUT2D eigenvalue weighted by Gasteiger charge is 2.16. The van der Waals surface area contributed by atoms with Gasteiger partial charge in [-0.25, -0.2) is 8.78 Å². The van der Waals surface area contributed by atoms with Gasteiger partial charge >= 0.3 is 0 Å². The third-order valence-corrected chi connectivity index (χ3v) is 3.86. The van der Waals surface area contributed by atoms with Crippen LogP contribution in [0.25, 0.3) is 0 Å². The Labute approximate surface area is 119 Å². The van der Waals surface area contributed by atoms with Crippen molar-refractivity contribution in [2.75, 3.05) is 46.9 Å². The van der Waals surface area contributed by atoms with Gasteiger partial charge in [-0.3, -0.25) is 0 Å². The molecule has 1 aliphatic heterocycles. The Morgan fingerprint density at radius 2 is 1.75 bits per heavy atom. The standard InChI is InChI=1S/C15H22F2N2O/c1-18-8-10-19(11-9-18)7-3-4-12-13(16)5-6-14(17)15(12)20-2/h5-6H,3-4,7-11H2,1-2H3. The van der Waals surface area contributed by atoms with Crippen molar-refractivity contribution in [2.24, 2.45) is 0 Å². The van der Waals surface area contributed by atoms with Crippen LogP contribution in [0, 0.1) is 11.6 Å². The first-order valence-electron chi connectivity index (χ1n) is 7.03. The van der Waals surface area contributed by atoms with Gasteiger partial charge in [0.2, 0.25) is 0 Å². The lowest BCUT2D eigenvalue weighted by molar-refractivity contribution is 0.153. The van der Waals surface area contributed by atoms with Crippen LogP contribution in [0.4, 0.5) is 8.78 Å². The number of likely N-dealkylation sites (N-methyl/N-ethyl adjacent to an activating group) is 1. The smallest absolute Gasteiger partial charge is 0.165 e. The second kappa shape index (κ2) is 6.99. The van der Waals surface area contributed by atoms with Gasteiger partial charge in [0.15, 0.2) is 11.6 Å². The molecule has 0 atom stereocenters. The van der Waals surface area contributed by atoms with Gasteiger partial charge in [-0.1, -0.05) is 0 Å². The maximum atomic E-state index is 13.8. The Bertz CT molecular complexity index is 446. The molecule has 5 heteroatoms. The fourth-order valence-corrected chi connectivity index (χ4v) is 2.58. The molecule has 0 spiro atoms. The molecule has 0 saturated carbocycles. The molecule has 1 aliphatic rings. The van der Waals surface area contributed by atoms with E-state index in [9.17, 15) is 8.78 Å².